The number of hydrogen-bond donors (Lipinski definition) is 1. The molecule has 1 aliphatic carbocycles. The van der Waals surface area contributed by atoms with E-state index >= 15 is 0 Å². The number of carbonyl (C=O) groups excluding carboxylic acids is 1. The molecular weight excluding hydrogens is 176 g/mol. The van der Waals surface area contributed by atoms with Gasteiger partial charge in [-0.3, -0.25) is 4.79 Å². The van der Waals surface area contributed by atoms with Gasteiger partial charge in [-0.15, -0.1) is 0 Å². The molecule has 14 heavy (non-hydrogen) atoms. The number of aromatic hydroxyl groups is 1. The van der Waals surface area contributed by atoms with Crippen LogP contribution in [0.4, 0.5) is 0 Å². The van der Waals surface area contributed by atoms with E-state index in [9.17, 15) is 9.90 Å². The Labute approximate surface area is 83.6 Å². The first-order valence-electron chi connectivity index (χ1n) is 5.06. The zero-order valence-electron chi connectivity index (χ0n) is 8.07. The lowest BCUT2D eigenvalue weighted by Crippen LogP contribution is -2.13. The standard InChI is InChI=1S/C12H14O2/c13-11-5-1-3-9(7-11)10-4-2-6-12(14)8-10/h1,3,5,7,10,13H,2,4,6,8H2/t10-/m0/s1. The molecule has 0 aliphatic heterocycles. The van der Waals surface area contributed by atoms with Crippen LogP contribution in [0.2, 0.25) is 0 Å². The second kappa shape index (κ2) is 3.82. The van der Waals surface area contributed by atoms with Crippen LogP contribution in [0.15, 0.2) is 24.3 Å². The summed E-state index contributed by atoms with van der Waals surface area (Å²) < 4.78 is 0. The zero-order chi connectivity index (χ0) is 9.97. The first-order chi connectivity index (χ1) is 6.75. The summed E-state index contributed by atoms with van der Waals surface area (Å²) in [4.78, 5) is 11.3. The van der Waals surface area contributed by atoms with Crippen LogP contribution in [-0.2, 0) is 4.79 Å². The highest BCUT2D eigenvalue weighted by Crippen LogP contribution is 2.32. The van der Waals surface area contributed by atoms with Crippen molar-refractivity contribution in [1.29, 1.82) is 0 Å². The lowest BCUT2D eigenvalue weighted by atomic mass is 9.83. The molecule has 0 aromatic heterocycles. The molecule has 1 N–H and O–H groups in total. The van der Waals surface area contributed by atoms with Crippen LogP contribution in [0, 0.1) is 0 Å². The van der Waals surface area contributed by atoms with Crippen molar-refractivity contribution >= 4 is 5.78 Å². The Hall–Kier alpha value is -1.31. The van der Waals surface area contributed by atoms with Gasteiger partial charge in [-0.05, 0) is 36.5 Å². The van der Waals surface area contributed by atoms with Gasteiger partial charge in [0, 0.05) is 12.8 Å². The molecule has 2 nitrogen and oxygen atoms in total. The Morgan fingerprint density at radius 3 is 2.93 bits per heavy atom. The predicted molar refractivity (Wildman–Crippen MR) is 54.3 cm³/mol. The summed E-state index contributed by atoms with van der Waals surface area (Å²) in [5.41, 5.74) is 1.10. The van der Waals surface area contributed by atoms with E-state index in [0.717, 1.165) is 24.8 Å². The highest BCUT2D eigenvalue weighted by Gasteiger charge is 2.20. The molecule has 1 aliphatic rings. The average Bonchev–Trinajstić information content (AvgIpc) is 2.18. The molecule has 0 amide bonds. The third-order valence-electron chi connectivity index (χ3n) is 2.82. The Balaban J connectivity index is 2.17. The molecule has 0 spiro atoms. The Morgan fingerprint density at radius 2 is 2.21 bits per heavy atom. The highest BCUT2D eigenvalue weighted by molar-refractivity contribution is 5.80. The van der Waals surface area contributed by atoms with Gasteiger partial charge in [-0.25, -0.2) is 0 Å². The summed E-state index contributed by atoms with van der Waals surface area (Å²) in [6, 6.07) is 7.25. The van der Waals surface area contributed by atoms with Crippen molar-refractivity contribution in [3.8, 4) is 5.75 Å². The van der Waals surface area contributed by atoms with Crippen LogP contribution in [0.1, 0.15) is 37.2 Å². The Kier molecular flexibility index (Phi) is 2.53. The van der Waals surface area contributed by atoms with E-state index in [4.69, 9.17) is 0 Å². The fourth-order valence-corrected chi connectivity index (χ4v) is 2.09. The second-order valence-corrected chi connectivity index (χ2v) is 3.93. The summed E-state index contributed by atoms with van der Waals surface area (Å²) in [6.07, 6.45) is 3.42. The maximum atomic E-state index is 11.3. The van der Waals surface area contributed by atoms with Gasteiger partial charge >= 0.3 is 0 Å². The molecule has 1 saturated carbocycles. The maximum absolute atomic E-state index is 11.3. The molecular formula is C12H14O2. The van der Waals surface area contributed by atoms with Crippen LogP contribution in [0.25, 0.3) is 0 Å². The van der Waals surface area contributed by atoms with Crippen molar-refractivity contribution in [3.63, 3.8) is 0 Å². The fourth-order valence-electron chi connectivity index (χ4n) is 2.09. The molecule has 0 heterocycles. The highest BCUT2D eigenvalue weighted by atomic mass is 16.3. The summed E-state index contributed by atoms with van der Waals surface area (Å²) >= 11 is 0. The van der Waals surface area contributed by atoms with Crippen molar-refractivity contribution in [3.05, 3.63) is 29.8 Å². The van der Waals surface area contributed by atoms with Gasteiger partial charge in [-0.2, -0.15) is 0 Å². The van der Waals surface area contributed by atoms with Gasteiger partial charge in [0.1, 0.15) is 11.5 Å². The maximum Gasteiger partial charge on any atom is 0.133 e. The van der Waals surface area contributed by atoms with Crippen molar-refractivity contribution in [1.82, 2.24) is 0 Å². The molecule has 1 aromatic carbocycles. The topological polar surface area (TPSA) is 37.3 Å². The van der Waals surface area contributed by atoms with Crippen molar-refractivity contribution in [2.75, 3.05) is 0 Å². The zero-order valence-corrected chi connectivity index (χ0v) is 8.07. The summed E-state index contributed by atoms with van der Waals surface area (Å²) in [5.74, 6) is 0.966. The van der Waals surface area contributed by atoms with Crippen molar-refractivity contribution < 1.29 is 9.90 Å². The lowest BCUT2D eigenvalue weighted by Gasteiger charge is -2.21. The number of carbonyl (C=O) groups is 1. The van der Waals surface area contributed by atoms with Gasteiger partial charge in [-0.1, -0.05) is 12.1 Å². The normalized spacial score (nSPS) is 22.3. The second-order valence-electron chi connectivity index (χ2n) is 3.93. The molecule has 1 aromatic rings. The summed E-state index contributed by atoms with van der Waals surface area (Å²) in [5, 5.41) is 9.32. The van der Waals surface area contributed by atoms with Crippen molar-refractivity contribution in [2.24, 2.45) is 0 Å². The van der Waals surface area contributed by atoms with Crippen LogP contribution in [0.5, 0.6) is 5.75 Å². The minimum Gasteiger partial charge on any atom is -0.508 e. The van der Waals surface area contributed by atoms with E-state index in [1.807, 2.05) is 12.1 Å². The third-order valence-corrected chi connectivity index (χ3v) is 2.82. The number of rotatable bonds is 1. The van der Waals surface area contributed by atoms with Crippen molar-refractivity contribution in [2.45, 2.75) is 31.6 Å². The van der Waals surface area contributed by atoms with E-state index in [1.54, 1.807) is 12.1 Å². The molecule has 2 rings (SSSR count). The average molecular weight is 190 g/mol. The van der Waals surface area contributed by atoms with E-state index in [2.05, 4.69) is 0 Å². The molecule has 74 valence electrons. The van der Waals surface area contributed by atoms with E-state index in [-0.39, 0.29) is 0 Å². The number of hydrogen-bond acceptors (Lipinski definition) is 2. The fraction of sp³-hybridized carbons (Fsp3) is 0.417. The van der Waals surface area contributed by atoms with Crippen LogP contribution in [0.3, 0.4) is 0 Å². The third kappa shape index (κ3) is 1.95. The van der Waals surface area contributed by atoms with Crippen LogP contribution < -0.4 is 0 Å². The molecule has 1 fully saturated rings. The molecule has 1 atom stereocenters. The smallest absolute Gasteiger partial charge is 0.133 e. The number of ketones is 1. The summed E-state index contributed by atoms with van der Waals surface area (Å²) in [6.45, 7) is 0. The van der Waals surface area contributed by atoms with Gasteiger partial charge in [0.2, 0.25) is 0 Å². The summed E-state index contributed by atoms with van der Waals surface area (Å²) in [7, 11) is 0. The molecule has 0 saturated heterocycles. The number of phenols is 1. The first-order valence-corrected chi connectivity index (χ1v) is 5.06. The van der Waals surface area contributed by atoms with Gasteiger partial charge in [0.05, 0.1) is 0 Å². The minimum absolute atomic E-state index is 0.292. The monoisotopic (exact) mass is 190 g/mol. The number of Topliss-reactive ketones (excluding diaryl/α,β-unsaturated/α-hetero) is 1. The van der Waals surface area contributed by atoms with Crippen LogP contribution >= 0.6 is 0 Å². The number of benzene rings is 1. The SMILES string of the molecule is O=C1CCC[C@H](c2cccc(O)c2)C1. The van der Waals surface area contributed by atoms with E-state index in [1.165, 1.54) is 0 Å². The molecule has 0 radical (unpaired) electrons. The quantitative estimate of drug-likeness (QED) is 0.739. The van der Waals surface area contributed by atoms with E-state index < -0.39 is 0 Å². The Morgan fingerprint density at radius 1 is 1.36 bits per heavy atom. The molecule has 0 unspecified atom stereocenters. The van der Waals surface area contributed by atoms with Gasteiger partial charge < -0.3 is 5.11 Å². The first kappa shape index (κ1) is 9.25. The van der Waals surface area contributed by atoms with Gasteiger partial charge in [0.15, 0.2) is 0 Å². The largest absolute Gasteiger partial charge is 0.508 e. The van der Waals surface area contributed by atoms with Crippen LogP contribution in [-0.4, -0.2) is 10.9 Å². The molecule has 0 bridgehead atoms. The van der Waals surface area contributed by atoms with E-state index in [0.29, 0.717) is 23.9 Å². The predicted octanol–water partition coefficient (Wildman–Crippen LogP) is 2.62. The molecule has 2 heteroatoms. The Bertz CT molecular complexity index is 344. The minimum atomic E-state index is 0.292. The number of phenolic OH excluding ortho intramolecular Hbond substituents is 1. The lowest BCUT2D eigenvalue weighted by molar-refractivity contribution is -0.120. The van der Waals surface area contributed by atoms with Gasteiger partial charge in [0.25, 0.3) is 0 Å².